The normalized spacial score (nSPS) is 10.2. The maximum Gasteiger partial charge on any atom is 0.0713 e. The lowest BCUT2D eigenvalue weighted by Crippen LogP contribution is -1.95. The van der Waals surface area contributed by atoms with Gasteiger partial charge in [-0.25, -0.2) is 0 Å². The predicted molar refractivity (Wildman–Crippen MR) is 69.1 cm³/mol. The third-order valence-electron chi connectivity index (χ3n) is 2.29. The number of nitrogens with zero attached hydrogens (tertiary/aromatic N) is 1. The van der Waals surface area contributed by atoms with Crippen LogP contribution in [0.25, 0.3) is 0 Å². The van der Waals surface area contributed by atoms with Crippen molar-refractivity contribution in [3.8, 4) is 0 Å². The van der Waals surface area contributed by atoms with Crippen LogP contribution in [0, 0.1) is 0 Å². The largest absolute Gasteiger partial charge is 0.397 e. The molecule has 88 valence electrons. The summed E-state index contributed by atoms with van der Waals surface area (Å²) in [6.07, 6.45) is 3.35. The Kier molecular flexibility index (Phi) is 3.57. The van der Waals surface area contributed by atoms with E-state index in [-0.39, 0.29) is 0 Å². The van der Waals surface area contributed by atoms with Gasteiger partial charge >= 0.3 is 0 Å². The van der Waals surface area contributed by atoms with Gasteiger partial charge in [0.1, 0.15) is 0 Å². The van der Waals surface area contributed by atoms with Crippen LogP contribution in [0.2, 0.25) is 0 Å². The molecule has 4 nitrogen and oxygen atoms in total. The maximum atomic E-state index is 5.67. The summed E-state index contributed by atoms with van der Waals surface area (Å²) in [6.45, 7) is 0.602. The molecule has 0 aliphatic heterocycles. The number of ether oxygens (including phenoxy) is 1. The maximum absolute atomic E-state index is 5.67. The van der Waals surface area contributed by atoms with Gasteiger partial charge in [0.05, 0.1) is 24.2 Å². The molecule has 0 unspecified atom stereocenters. The van der Waals surface area contributed by atoms with E-state index in [2.05, 4.69) is 10.3 Å². The molecule has 4 heteroatoms. The number of hydrogen-bond donors (Lipinski definition) is 2. The Hall–Kier alpha value is -2.07. The van der Waals surface area contributed by atoms with E-state index in [1.807, 2.05) is 30.3 Å². The number of rotatable bonds is 4. The number of hydrogen-bond acceptors (Lipinski definition) is 4. The molecule has 1 aromatic heterocycles. The van der Waals surface area contributed by atoms with Crippen LogP contribution in [0.1, 0.15) is 5.56 Å². The van der Waals surface area contributed by atoms with E-state index in [9.17, 15) is 0 Å². The van der Waals surface area contributed by atoms with E-state index in [4.69, 9.17) is 10.5 Å². The predicted octanol–water partition coefficient (Wildman–Crippen LogP) is 2.55. The standard InChI is InChI=1S/C13H15N3O/c1-17-9-10-3-2-4-12(5-10)16-13-6-11(14)7-15-8-13/h2-8,16H,9,14H2,1H3. The van der Waals surface area contributed by atoms with E-state index >= 15 is 0 Å². The summed E-state index contributed by atoms with van der Waals surface area (Å²) in [5.41, 5.74) is 9.30. The quantitative estimate of drug-likeness (QED) is 0.845. The van der Waals surface area contributed by atoms with Gasteiger partial charge in [0, 0.05) is 19.0 Å². The lowest BCUT2D eigenvalue weighted by atomic mass is 10.2. The Labute approximate surface area is 100 Å². The Balaban J connectivity index is 2.15. The molecule has 2 aromatic rings. The van der Waals surface area contributed by atoms with Crippen molar-refractivity contribution in [2.75, 3.05) is 18.2 Å². The zero-order valence-corrected chi connectivity index (χ0v) is 9.68. The second-order valence-corrected chi connectivity index (χ2v) is 3.77. The molecule has 0 radical (unpaired) electrons. The molecular weight excluding hydrogens is 214 g/mol. The highest BCUT2D eigenvalue weighted by atomic mass is 16.5. The molecule has 0 spiro atoms. The van der Waals surface area contributed by atoms with Gasteiger partial charge in [-0.05, 0) is 23.8 Å². The first-order valence-corrected chi connectivity index (χ1v) is 5.33. The molecule has 1 aromatic carbocycles. The molecule has 2 rings (SSSR count). The van der Waals surface area contributed by atoms with Crippen LogP contribution in [0.4, 0.5) is 17.1 Å². The molecule has 0 amide bonds. The number of aromatic nitrogens is 1. The summed E-state index contributed by atoms with van der Waals surface area (Å²) in [6, 6.07) is 9.87. The smallest absolute Gasteiger partial charge is 0.0713 e. The molecule has 0 fully saturated rings. The lowest BCUT2D eigenvalue weighted by Gasteiger charge is -2.08. The number of anilines is 3. The first-order valence-electron chi connectivity index (χ1n) is 5.33. The van der Waals surface area contributed by atoms with Gasteiger partial charge in [-0.1, -0.05) is 12.1 Å². The van der Waals surface area contributed by atoms with Crippen molar-refractivity contribution in [1.29, 1.82) is 0 Å². The highest BCUT2D eigenvalue weighted by molar-refractivity contribution is 5.62. The monoisotopic (exact) mass is 229 g/mol. The Morgan fingerprint density at radius 3 is 2.88 bits per heavy atom. The zero-order valence-electron chi connectivity index (χ0n) is 9.68. The molecule has 0 aliphatic rings. The Morgan fingerprint density at radius 1 is 1.24 bits per heavy atom. The molecule has 0 bridgehead atoms. The van der Waals surface area contributed by atoms with Gasteiger partial charge in [0.2, 0.25) is 0 Å². The summed E-state index contributed by atoms with van der Waals surface area (Å²) < 4.78 is 5.09. The Bertz CT molecular complexity index is 500. The molecule has 0 aliphatic carbocycles. The average Bonchev–Trinajstić information content (AvgIpc) is 2.30. The summed E-state index contributed by atoms with van der Waals surface area (Å²) in [4.78, 5) is 4.03. The van der Waals surface area contributed by atoms with Gasteiger partial charge < -0.3 is 15.8 Å². The lowest BCUT2D eigenvalue weighted by molar-refractivity contribution is 0.185. The molecule has 3 N–H and O–H groups in total. The van der Waals surface area contributed by atoms with Crippen molar-refractivity contribution in [2.45, 2.75) is 6.61 Å². The van der Waals surface area contributed by atoms with Crippen LogP contribution in [-0.2, 0) is 11.3 Å². The molecular formula is C13H15N3O. The van der Waals surface area contributed by atoms with Crippen molar-refractivity contribution in [1.82, 2.24) is 4.98 Å². The third kappa shape index (κ3) is 3.19. The SMILES string of the molecule is COCc1cccc(Nc2cncc(N)c2)c1. The zero-order chi connectivity index (χ0) is 12.1. The van der Waals surface area contributed by atoms with Crippen molar-refractivity contribution in [3.05, 3.63) is 48.3 Å². The van der Waals surface area contributed by atoms with E-state index in [0.29, 0.717) is 12.3 Å². The fraction of sp³-hybridized carbons (Fsp3) is 0.154. The van der Waals surface area contributed by atoms with Gasteiger partial charge in [0.15, 0.2) is 0 Å². The van der Waals surface area contributed by atoms with Gasteiger partial charge in [-0.2, -0.15) is 0 Å². The molecule has 17 heavy (non-hydrogen) atoms. The van der Waals surface area contributed by atoms with Gasteiger partial charge in [0.25, 0.3) is 0 Å². The first kappa shape index (κ1) is 11.4. The van der Waals surface area contributed by atoms with E-state index in [0.717, 1.165) is 16.9 Å². The van der Waals surface area contributed by atoms with Crippen LogP contribution in [-0.4, -0.2) is 12.1 Å². The minimum atomic E-state index is 0.602. The number of nitrogens with two attached hydrogens (primary N) is 1. The highest BCUT2D eigenvalue weighted by Crippen LogP contribution is 2.18. The summed E-state index contributed by atoms with van der Waals surface area (Å²) in [5, 5.41) is 3.25. The van der Waals surface area contributed by atoms with Crippen molar-refractivity contribution < 1.29 is 4.74 Å². The topological polar surface area (TPSA) is 60.2 Å². The van der Waals surface area contributed by atoms with Crippen LogP contribution >= 0.6 is 0 Å². The second kappa shape index (κ2) is 5.32. The van der Waals surface area contributed by atoms with E-state index in [1.165, 1.54) is 0 Å². The molecule has 0 saturated heterocycles. The van der Waals surface area contributed by atoms with Crippen LogP contribution in [0.5, 0.6) is 0 Å². The fourth-order valence-electron chi connectivity index (χ4n) is 1.60. The van der Waals surface area contributed by atoms with Crippen LogP contribution < -0.4 is 11.1 Å². The highest BCUT2D eigenvalue weighted by Gasteiger charge is 1.97. The number of methoxy groups -OCH3 is 1. The van der Waals surface area contributed by atoms with Gasteiger partial charge in [-0.3, -0.25) is 4.98 Å². The molecule has 0 atom stereocenters. The number of pyridine rings is 1. The third-order valence-corrected chi connectivity index (χ3v) is 2.29. The summed E-state index contributed by atoms with van der Waals surface area (Å²) >= 11 is 0. The summed E-state index contributed by atoms with van der Waals surface area (Å²) in [7, 11) is 1.68. The van der Waals surface area contributed by atoms with Gasteiger partial charge in [-0.15, -0.1) is 0 Å². The number of nitrogens with one attached hydrogen (secondary N) is 1. The van der Waals surface area contributed by atoms with E-state index in [1.54, 1.807) is 19.5 Å². The van der Waals surface area contributed by atoms with E-state index < -0.39 is 0 Å². The summed E-state index contributed by atoms with van der Waals surface area (Å²) in [5.74, 6) is 0. The minimum Gasteiger partial charge on any atom is -0.397 e. The second-order valence-electron chi connectivity index (χ2n) is 3.77. The fourth-order valence-corrected chi connectivity index (χ4v) is 1.60. The van der Waals surface area contributed by atoms with Crippen LogP contribution in [0.15, 0.2) is 42.7 Å². The minimum absolute atomic E-state index is 0.602. The molecule has 1 heterocycles. The van der Waals surface area contributed by atoms with Crippen molar-refractivity contribution >= 4 is 17.1 Å². The number of nitrogen functional groups attached to an aromatic ring is 1. The average molecular weight is 229 g/mol. The van der Waals surface area contributed by atoms with Crippen molar-refractivity contribution in [3.63, 3.8) is 0 Å². The Morgan fingerprint density at radius 2 is 2.12 bits per heavy atom. The van der Waals surface area contributed by atoms with Crippen LogP contribution in [0.3, 0.4) is 0 Å². The van der Waals surface area contributed by atoms with Crippen molar-refractivity contribution in [2.24, 2.45) is 0 Å². The first-order chi connectivity index (χ1) is 8.28. The number of benzene rings is 1. The molecule has 0 saturated carbocycles.